The Kier molecular flexibility index (Phi) is 5.53. The summed E-state index contributed by atoms with van der Waals surface area (Å²) in [7, 11) is 0. The van der Waals surface area contributed by atoms with Gasteiger partial charge in [0.15, 0.2) is 5.82 Å². The Morgan fingerprint density at radius 2 is 1.97 bits per heavy atom. The second kappa shape index (κ2) is 8.25. The van der Waals surface area contributed by atoms with Crippen molar-refractivity contribution >= 4 is 17.5 Å². The fourth-order valence-electron chi connectivity index (χ4n) is 3.34. The summed E-state index contributed by atoms with van der Waals surface area (Å²) in [5.41, 5.74) is 2.90. The molecule has 0 atom stereocenters. The fourth-order valence-corrected chi connectivity index (χ4v) is 3.47. The molecule has 1 fully saturated rings. The Labute approximate surface area is 174 Å². The van der Waals surface area contributed by atoms with Crippen molar-refractivity contribution in [3.63, 3.8) is 0 Å². The summed E-state index contributed by atoms with van der Waals surface area (Å²) in [4.78, 5) is 25.1. The van der Waals surface area contributed by atoms with Crippen molar-refractivity contribution in [1.82, 2.24) is 19.7 Å². The van der Waals surface area contributed by atoms with E-state index in [1.165, 1.54) is 4.68 Å². The summed E-state index contributed by atoms with van der Waals surface area (Å²) in [6.45, 7) is 2.74. The van der Waals surface area contributed by atoms with Crippen LogP contribution in [0.2, 0.25) is 5.02 Å². The zero-order valence-corrected chi connectivity index (χ0v) is 17.0. The number of amides is 1. The maximum atomic E-state index is 12.8. The highest BCUT2D eigenvalue weighted by atomic mass is 35.5. The van der Waals surface area contributed by atoms with E-state index in [1.807, 2.05) is 43.3 Å². The van der Waals surface area contributed by atoms with Crippen LogP contribution in [0.25, 0.3) is 11.4 Å². The number of rotatable bonds is 7. The summed E-state index contributed by atoms with van der Waals surface area (Å²) < 4.78 is 3.14. The summed E-state index contributed by atoms with van der Waals surface area (Å²) in [6.07, 6.45) is 2.15. The summed E-state index contributed by atoms with van der Waals surface area (Å²) in [5, 5.41) is 8.06. The first-order chi connectivity index (χ1) is 14.0. The van der Waals surface area contributed by atoms with E-state index < -0.39 is 0 Å². The number of aryl methyl sites for hydroxylation is 2. The first-order valence-corrected chi connectivity index (χ1v) is 10.2. The van der Waals surface area contributed by atoms with Crippen LogP contribution in [0, 0.1) is 6.92 Å². The Morgan fingerprint density at radius 3 is 2.66 bits per heavy atom. The first-order valence-electron chi connectivity index (χ1n) is 9.79. The minimum absolute atomic E-state index is 0.104. The van der Waals surface area contributed by atoms with E-state index in [4.69, 9.17) is 11.6 Å². The van der Waals surface area contributed by atoms with Crippen LogP contribution in [0.4, 0.5) is 0 Å². The van der Waals surface area contributed by atoms with Crippen LogP contribution in [-0.4, -0.2) is 20.3 Å². The third-order valence-electron chi connectivity index (χ3n) is 5.01. The molecule has 0 saturated heterocycles. The van der Waals surface area contributed by atoms with Crippen LogP contribution in [0.1, 0.15) is 36.4 Å². The Bertz CT molecular complexity index is 1080. The average molecular weight is 411 g/mol. The van der Waals surface area contributed by atoms with E-state index in [1.54, 1.807) is 16.7 Å². The Balaban J connectivity index is 1.45. The van der Waals surface area contributed by atoms with Gasteiger partial charge in [0.1, 0.15) is 0 Å². The molecule has 7 heteroatoms. The van der Waals surface area contributed by atoms with Crippen molar-refractivity contribution in [3.8, 4) is 11.4 Å². The largest absolute Gasteiger partial charge is 0.352 e. The first kappa shape index (κ1) is 19.5. The highest BCUT2D eigenvalue weighted by Crippen LogP contribution is 2.36. The molecular weight excluding hydrogens is 388 g/mol. The third kappa shape index (κ3) is 4.59. The normalized spacial score (nSPS) is 13.4. The second-order valence-electron chi connectivity index (χ2n) is 7.45. The van der Waals surface area contributed by atoms with Crippen molar-refractivity contribution in [2.45, 2.75) is 45.3 Å². The third-order valence-corrected chi connectivity index (χ3v) is 5.26. The number of hydrogen-bond donors (Lipinski definition) is 1. The molecule has 0 spiro atoms. The van der Waals surface area contributed by atoms with Gasteiger partial charge < -0.3 is 5.32 Å². The van der Waals surface area contributed by atoms with Gasteiger partial charge in [-0.05, 0) is 49.6 Å². The number of nitrogens with zero attached hydrogens (tertiary/aromatic N) is 3. The predicted molar refractivity (Wildman–Crippen MR) is 113 cm³/mol. The monoisotopic (exact) mass is 410 g/mol. The zero-order chi connectivity index (χ0) is 20.4. The Hall–Kier alpha value is -2.86. The van der Waals surface area contributed by atoms with Crippen molar-refractivity contribution < 1.29 is 4.79 Å². The minimum atomic E-state index is -0.163. The number of carbonyl (C=O) groups excluding carboxylic acids is 1. The number of aromatic nitrogens is 3. The lowest BCUT2D eigenvalue weighted by atomic mass is 10.1. The lowest BCUT2D eigenvalue weighted by molar-refractivity contribution is -0.121. The fraction of sp³-hybridized carbons (Fsp3) is 0.318. The molecule has 0 aliphatic heterocycles. The topological polar surface area (TPSA) is 68.9 Å². The standard InChI is InChI=1S/C22H23ClN4O2/c1-15-3-2-4-16(13-15)14-24-20(28)11-12-26-22(29)27(19-9-10-19)21(25-26)17-5-7-18(23)8-6-17/h2-8,13,19H,9-12,14H2,1H3,(H,24,28). The molecule has 1 heterocycles. The predicted octanol–water partition coefficient (Wildman–Crippen LogP) is 3.72. The average Bonchev–Trinajstić information content (AvgIpc) is 3.49. The lowest BCUT2D eigenvalue weighted by Gasteiger charge is -2.06. The number of nitrogens with one attached hydrogen (secondary N) is 1. The minimum Gasteiger partial charge on any atom is -0.352 e. The molecule has 3 aromatic rings. The summed E-state index contributed by atoms with van der Waals surface area (Å²) >= 11 is 5.98. The van der Waals surface area contributed by atoms with Crippen LogP contribution < -0.4 is 11.0 Å². The van der Waals surface area contributed by atoms with E-state index in [-0.39, 0.29) is 30.6 Å². The van der Waals surface area contributed by atoms with E-state index in [0.29, 0.717) is 17.4 Å². The number of hydrogen-bond acceptors (Lipinski definition) is 3. The van der Waals surface area contributed by atoms with Gasteiger partial charge in [0.25, 0.3) is 0 Å². The molecule has 2 aromatic carbocycles. The van der Waals surface area contributed by atoms with Crippen LogP contribution in [0.15, 0.2) is 53.3 Å². The van der Waals surface area contributed by atoms with E-state index in [2.05, 4.69) is 10.4 Å². The molecule has 1 saturated carbocycles. The van der Waals surface area contributed by atoms with E-state index in [9.17, 15) is 9.59 Å². The molecular formula is C22H23ClN4O2. The van der Waals surface area contributed by atoms with Crippen LogP contribution in [0.3, 0.4) is 0 Å². The van der Waals surface area contributed by atoms with Gasteiger partial charge in [-0.3, -0.25) is 9.36 Å². The Morgan fingerprint density at radius 1 is 1.21 bits per heavy atom. The maximum absolute atomic E-state index is 12.8. The van der Waals surface area contributed by atoms with Crippen LogP contribution >= 0.6 is 11.6 Å². The molecule has 1 amide bonds. The highest BCUT2D eigenvalue weighted by molar-refractivity contribution is 6.30. The molecule has 29 heavy (non-hydrogen) atoms. The van der Waals surface area contributed by atoms with Gasteiger partial charge in [-0.15, -0.1) is 5.10 Å². The van der Waals surface area contributed by atoms with E-state index in [0.717, 1.165) is 29.5 Å². The van der Waals surface area contributed by atoms with Gasteiger partial charge >= 0.3 is 5.69 Å². The number of halogens is 1. The van der Waals surface area contributed by atoms with Crippen molar-refractivity contribution in [3.05, 3.63) is 75.2 Å². The molecule has 0 unspecified atom stereocenters. The molecule has 4 rings (SSSR count). The van der Waals surface area contributed by atoms with Gasteiger partial charge in [0, 0.05) is 29.6 Å². The van der Waals surface area contributed by atoms with Crippen molar-refractivity contribution in [1.29, 1.82) is 0 Å². The quantitative estimate of drug-likeness (QED) is 0.645. The summed E-state index contributed by atoms with van der Waals surface area (Å²) in [5.74, 6) is 0.529. The van der Waals surface area contributed by atoms with Crippen LogP contribution in [0.5, 0.6) is 0 Å². The van der Waals surface area contributed by atoms with Crippen molar-refractivity contribution in [2.24, 2.45) is 0 Å². The van der Waals surface area contributed by atoms with Gasteiger partial charge in [0.05, 0.1) is 6.54 Å². The molecule has 0 radical (unpaired) electrons. The van der Waals surface area contributed by atoms with Crippen molar-refractivity contribution in [2.75, 3.05) is 0 Å². The molecule has 1 N–H and O–H groups in total. The SMILES string of the molecule is Cc1cccc(CNC(=O)CCn2nc(-c3ccc(Cl)cc3)n(C3CC3)c2=O)c1. The maximum Gasteiger partial charge on any atom is 0.346 e. The lowest BCUT2D eigenvalue weighted by Crippen LogP contribution is -2.28. The summed E-state index contributed by atoms with van der Waals surface area (Å²) in [6, 6.07) is 15.5. The van der Waals surface area contributed by atoms with Gasteiger partial charge in [0.2, 0.25) is 5.91 Å². The highest BCUT2D eigenvalue weighted by Gasteiger charge is 2.30. The molecule has 0 bridgehead atoms. The van der Waals surface area contributed by atoms with Gasteiger partial charge in [-0.2, -0.15) is 0 Å². The number of benzene rings is 2. The molecule has 150 valence electrons. The molecule has 1 aliphatic carbocycles. The second-order valence-corrected chi connectivity index (χ2v) is 7.89. The molecule has 1 aromatic heterocycles. The zero-order valence-electron chi connectivity index (χ0n) is 16.3. The van der Waals surface area contributed by atoms with Crippen LogP contribution in [-0.2, 0) is 17.9 Å². The number of carbonyl (C=O) groups is 1. The van der Waals surface area contributed by atoms with Gasteiger partial charge in [-0.25, -0.2) is 9.48 Å². The molecule has 6 nitrogen and oxygen atoms in total. The smallest absolute Gasteiger partial charge is 0.346 e. The van der Waals surface area contributed by atoms with E-state index >= 15 is 0 Å². The molecule has 1 aliphatic rings. The van der Waals surface area contributed by atoms with Gasteiger partial charge in [-0.1, -0.05) is 41.4 Å².